The van der Waals surface area contributed by atoms with Crippen molar-refractivity contribution in [3.63, 3.8) is 0 Å². The smallest absolute Gasteiger partial charge is 0.200 e. The summed E-state index contributed by atoms with van der Waals surface area (Å²) in [5.41, 5.74) is -0.0595. The van der Waals surface area contributed by atoms with E-state index in [2.05, 4.69) is 22.5 Å². The number of likely N-dealkylation sites (N-methyl/N-ethyl adjacent to an activating group) is 1. The lowest BCUT2D eigenvalue weighted by Gasteiger charge is -2.01. The molecule has 1 aliphatic heterocycles. The summed E-state index contributed by atoms with van der Waals surface area (Å²) in [6.45, 7) is 5.98. The second kappa shape index (κ2) is 1.82. The minimum absolute atomic E-state index is 0.0595. The Labute approximate surface area is 49.2 Å². The molecular formula is C5H11N3. The lowest BCUT2D eigenvalue weighted by molar-refractivity contribution is 0.577. The fraction of sp³-hybridized carbons (Fsp3) is 1.00. The first-order chi connectivity index (χ1) is 3.77. The standard InChI is InChI=1S/C5H11N3/c1-3-6-4-5(2)7-8-5/h6H,3-4H2,1-2H3. The van der Waals surface area contributed by atoms with Gasteiger partial charge in [-0.05, 0) is 13.5 Å². The quantitative estimate of drug-likeness (QED) is 0.576. The van der Waals surface area contributed by atoms with Crippen LogP contribution < -0.4 is 5.32 Å². The lowest BCUT2D eigenvalue weighted by atomic mass is 10.3. The molecule has 0 unspecified atom stereocenters. The van der Waals surface area contributed by atoms with Gasteiger partial charge in [0.2, 0.25) is 0 Å². The average Bonchev–Trinajstić information content (AvgIpc) is 2.45. The summed E-state index contributed by atoms with van der Waals surface area (Å²) in [6.07, 6.45) is 0. The molecule has 3 nitrogen and oxygen atoms in total. The van der Waals surface area contributed by atoms with Gasteiger partial charge >= 0.3 is 0 Å². The zero-order chi connectivity index (χ0) is 6.04. The molecule has 0 radical (unpaired) electrons. The van der Waals surface area contributed by atoms with Crippen molar-refractivity contribution in [2.24, 2.45) is 10.2 Å². The number of nitrogens with zero attached hydrogens (tertiary/aromatic N) is 2. The summed E-state index contributed by atoms with van der Waals surface area (Å²) in [5, 5.41) is 10.8. The summed E-state index contributed by atoms with van der Waals surface area (Å²) < 4.78 is 0. The zero-order valence-electron chi connectivity index (χ0n) is 5.31. The molecule has 0 aliphatic carbocycles. The zero-order valence-corrected chi connectivity index (χ0v) is 5.31. The van der Waals surface area contributed by atoms with Crippen LogP contribution in [0.15, 0.2) is 10.2 Å². The molecular weight excluding hydrogens is 102 g/mol. The Kier molecular flexibility index (Phi) is 1.29. The Hall–Kier alpha value is -0.440. The van der Waals surface area contributed by atoms with Gasteiger partial charge in [0, 0.05) is 6.54 Å². The van der Waals surface area contributed by atoms with Crippen LogP contribution in [0.4, 0.5) is 0 Å². The molecule has 0 saturated carbocycles. The van der Waals surface area contributed by atoms with Gasteiger partial charge < -0.3 is 5.32 Å². The molecule has 0 fully saturated rings. The Morgan fingerprint density at radius 3 is 2.50 bits per heavy atom. The van der Waals surface area contributed by atoms with E-state index >= 15 is 0 Å². The van der Waals surface area contributed by atoms with E-state index in [1.807, 2.05) is 6.92 Å². The molecule has 1 rings (SSSR count). The molecule has 8 heavy (non-hydrogen) atoms. The predicted molar refractivity (Wildman–Crippen MR) is 31.8 cm³/mol. The van der Waals surface area contributed by atoms with Crippen LogP contribution >= 0.6 is 0 Å². The van der Waals surface area contributed by atoms with E-state index in [1.165, 1.54) is 0 Å². The molecule has 1 N–H and O–H groups in total. The molecule has 1 heterocycles. The summed E-state index contributed by atoms with van der Waals surface area (Å²) in [6, 6.07) is 0. The van der Waals surface area contributed by atoms with Gasteiger partial charge in [0.15, 0.2) is 5.66 Å². The minimum Gasteiger partial charge on any atom is -0.313 e. The van der Waals surface area contributed by atoms with Crippen molar-refractivity contribution in [3.8, 4) is 0 Å². The highest BCUT2D eigenvalue weighted by Crippen LogP contribution is 2.24. The molecule has 0 aromatic rings. The number of nitrogens with one attached hydrogen (secondary N) is 1. The first-order valence-corrected chi connectivity index (χ1v) is 2.91. The van der Waals surface area contributed by atoms with E-state index in [4.69, 9.17) is 0 Å². The Morgan fingerprint density at radius 2 is 2.12 bits per heavy atom. The molecule has 0 saturated heterocycles. The molecule has 0 atom stereocenters. The van der Waals surface area contributed by atoms with E-state index < -0.39 is 0 Å². The number of rotatable bonds is 3. The maximum atomic E-state index is 3.83. The van der Waals surface area contributed by atoms with Crippen molar-refractivity contribution in [2.45, 2.75) is 19.5 Å². The minimum atomic E-state index is -0.0595. The topological polar surface area (TPSA) is 36.8 Å². The molecule has 0 aromatic heterocycles. The largest absolute Gasteiger partial charge is 0.313 e. The van der Waals surface area contributed by atoms with Gasteiger partial charge in [-0.3, -0.25) is 0 Å². The number of hydrogen-bond acceptors (Lipinski definition) is 3. The molecule has 46 valence electrons. The van der Waals surface area contributed by atoms with Crippen LogP contribution in [0.3, 0.4) is 0 Å². The van der Waals surface area contributed by atoms with Gasteiger partial charge in [0.05, 0.1) is 0 Å². The van der Waals surface area contributed by atoms with E-state index in [0.717, 1.165) is 13.1 Å². The van der Waals surface area contributed by atoms with Gasteiger partial charge in [-0.15, -0.1) is 0 Å². The monoisotopic (exact) mass is 113 g/mol. The summed E-state index contributed by atoms with van der Waals surface area (Å²) in [4.78, 5) is 0. The van der Waals surface area contributed by atoms with Gasteiger partial charge in [-0.25, -0.2) is 0 Å². The first-order valence-electron chi connectivity index (χ1n) is 2.91. The van der Waals surface area contributed by atoms with Crippen LogP contribution in [0.1, 0.15) is 13.8 Å². The van der Waals surface area contributed by atoms with Crippen molar-refractivity contribution in [1.29, 1.82) is 0 Å². The van der Waals surface area contributed by atoms with Crippen LogP contribution in [0.25, 0.3) is 0 Å². The highest BCUT2D eigenvalue weighted by Gasteiger charge is 2.32. The maximum absolute atomic E-state index is 3.83. The third-order valence-corrected chi connectivity index (χ3v) is 1.15. The molecule has 1 aliphatic rings. The molecule has 0 aromatic carbocycles. The molecule has 3 heteroatoms. The SMILES string of the molecule is CCNCC1(C)N=N1. The Morgan fingerprint density at radius 1 is 1.50 bits per heavy atom. The van der Waals surface area contributed by atoms with Gasteiger partial charge in [-0.1, -0.05) is 6.92 Å². The first kappa shape index (κ1) is 5.69. The third kappa shape index (κ3) is 1.26. The number of hydrogen-bond donors (Lipinski definition) is 1. The second-order valence-electron chi connectivity index (χ2n) is 2.20. The van der Waals surface area contributed by atoms with Crippen LogP contribution in [0.2, 0.25) is 0 Å². The lowest BCUT2D eigenvalue weighted by Crippen LogP contribution is -2.26. The molecule has 0 amide bonds. The third-order valence-electron chi connectivity index (χ3n) is 1.15. The highest BCUT2D eigenvalue weighted by molar-refractivity contribution is 4.89. The second-order valence-corrected chi connectivity index (χ2v) is 2.20. The highest BCUT2D eigenvalue weighted by atomic mass is 15.4. The van der Waals surface area contributed by atoms with Crippen molar-refractivity contribution in [1.82, 2.24) is 5.32 Å². The van der Waals surface area contributed by atoms with Gasteiger partial charge in [-0.2, -0.15) is 10.2 Å². The normalized spacial score (nSPS) is 21.2. The van der Waals surface area contributed by atoms with Crippen molar-refractivity contribution >= 4 is 0 Å². The summed E-state index contributed by atoms with van der Waals surface area (Å²) >= 11 is 0. The van der Waals surface area contributed by atoms with Crippen LogP contribution in [0.5, 0.6) is 0 Å². The van der Waals surface area contributed by atoms with Crippen LogP contribution in [0, 0.1) is 0 Å². The van der Waals surface area contributed by atoms with E-state index in [-0.39, 0.29) is 5.66 Å². The average molecular weight is 113 g/mol. The van der Waals surface area contributed by atoms with Gasteiger partial charge in [0.1, 0.15) is 0 Å². The van der Waals surface area contributed by atoms with Crippen LogP contribution in [-0.4, -0.2) is 18.8 Å². The fourth-order valence-corrected chi connectivity index (χ4v) is 0.518. The van der Waals surface area contributed by atoms with Crippen molar-refractivity contribution < 1.29 is 0 Å². The fourth-order valence-electron chi connectivity index (χ4n) is 0.518. The van der Waals surface area contributed by atoms with E-state index in [9.17, 15) is 0 Å². The Balaban J connectivity index is 2.03. The maximum Gasteiger partial charge on any atom is 0.200 e. The van der Waals surface area contributed by atoms with E-state index in [0.29, 0.717) is 0 Å². The molecule has 0 bridgehead atoms. The van der Waals surface area contributed by atoms with Crippen molar-refractivity contribution in [3.05, 3.63) is 0 Å². The Bertz CT molecular complexity index is 102. The van der Waals surface area contributed by atoms with E-state index in [1.54, 1.807) is 0 Å². The summed E-state index contributed by atoms with van der Waals surface area (Å²) in [7, 11) is 0. The predicted octanol–water partition coefficient (Wildman–Crippen LogP) is 0.778. The van der Waals surface area contributed by atoms with Gasteiger partial charge in [0.25, 0.3) is 0 Å². The summed E-state index contributed by atoms with van der Waals surface area (Å²) in [5.74, 6) is 0. The van der Waals surface area contributed by atoms with Crippen LogP contribution in [-0.2, 0) is 0 Å². The van der Waals surface area contributed by atoms with Crippen molar-refractivity contribution in [2.75, 3.05) is 13.1 Å². The molecule has 0 spiro atoms.